The Morgan fingerprint density at radius 2 is 1.79 bits per heavy atom. The molecule has 0 bridgehead atoms. The topological polar surface area (TPSA) is 46.6 Å². The summed E-state index contributed by atoms with van der Waals surface area (Å²) in [7, 11) is -3.65. The highest BCUT2D eigenvalue weighted by atomic mass is 32.2. The number of sulfonamides is 1. The van der Waals surface area contributed by atoms with Crippen LogP contribution in [0.2, 0.25) is 0 Å². The SMILES string of the molecule is CC[C@H](C)[C@H]1[C@H]2OCC[C@H]2[C@H](c2ccccc2)N1S(=O)(=O)c1ccc(C)cc1. The third kappa shape index (κ3) is 3.19. The number of ether oxygens (including phenoxy) is 1. The second-order valence-electron chi connectivity index (χ2n) is 8.17. The van der Waals surface area contributed by atoms with Crippen molar-refractivity contribution in [3.63, 3.8) is 0 Å². The average molecular weight is 400 g/mol. The monoisotopic (exact) mass is 399 g/mol. The van der Waals surface area contributed by atoms with Crippen molar-refractivity contribution in [2.75, 3.05) is 6.61 Å². The fourth-order valence-electron chi connectivity index (χ4n) is 4.84. The summed E-state index contributed by atoms with van der Waals surface area (Å²) < 4.78 is 35.6. The molecule has 28 heavy (non-hydrogen) atoms. The van der Waals surface area contributed by atoms with Crippen LogP contribution >= 0.6 is 0 Å². The van der Waals surface area contributed by atoms with Crippen LogP contribution in [0, 0.1) is 18.8 Å². The Bertz CT molecular complexity index is 911. The standard InChI is InChI=1S/C23H29NO3S/c1-4-17(3)21-23-20(14-15-27-23)22(18-8-6-5-7-9-18)24(21)28(25,26)19-12-10-16(2)11-13-19/h5-13,17,20-23H,4,14-15H2,1-3H3/t17-,20-,21-,22-,23-/m0/s1. The minimum absolute atomic E-state index is 0.0413. The molecule has 4 rings (SSSR count). The lowest BCUT2D eigenvalue weighted by molar-refractivity contribution is 0.0541. The van der Waals surface area contributed by atoms with Crippen molar-refractivity contribution < 1.29 is 13.2 Å². The van der Waals surface area contributed by atoms with Gasteiger partial charge in [-0.05, 0) is 37.0 Å². The van der Waals surface area contributed by atoms with Gasteiger partial charge in [-0.25, -0.2) is 8.42 Å². The molecule has 5 heteroatoms. The number of fused-ring (bicyclic) bond motifs is 1. The summed E-state index contributed by atoms with van der Waals surface area (Å²) in [6, 6.07) is 16.9. The van der Waals surface area contributed by atoms with Gasteiger partial charge in [-0.3, -0.25) is 0 Å². The van der Waals surface area contributed by atoms with E-state index >= 15 is 0 Å². The highest BCUT2D eigenvalue weighted by molar-refractivity contribution is 7.89. The van der Waals surface area contributed by atoms with Crippen LogP contribution in [0.25, 0.3) is 0 Å². The van der Waals surface area contributed by atoms with E-state index in [0.29, 0.717) is 11.5 Å². The molecular formula is C23H29NO3S. The van der Waals surface area contributed by atoms with E-state index in [9.17, 15) is 8.42 Å². The third-order valence-electron chi connectivity index (χ3n) is 6.46. The quantitative estimate of drug-likeness (QED) is 0.740. The van der Waals surface area contributed by atoms with E-state index < -0.39 is 10.0 Å². The third-order valence-corrected chi connectivity index (χ3v) is 8.35. The molecule has 2 fully saturated rings. The lowest BCUT2D eigenvalue weighted by Crippen LogP contribution is -2.45. The number of hydrogen-bond donors (Lipinski definition) is 0. The number of rotatable bonds is 5. The Kier molecular flexibility index (Phi) is 5.34. The molecule has 0 aromatic heterocycles. The van der Waals surface area contributed by atoms with Crippen LogP contribution in [0.5, 0.6) is 0 Å². The van der Waals surface area contributed by atoms with Gasteiger partial charge in [0.15, 0.2) is 0 Å². The predicted molar refractivity (Wildman–Crippen MR) is 110 cm³/mol. The van der Waals surface area contributed by atoms with E-state index in [1.54, 1.807) is 16.4 Å². The zero-order valence-electron chi connectivity index (χ0n) is 16.8. The van der Waals surface area contributed by atoms with Crippen LogP contribution < -0.4 is 0 Å². The Labute approximate surface area is 168 Å². The molecule has 150 valence electrons. The number of aryl methyl sites for hydroxylation is 1. The lowest BCUT2D eigenvalue weighted by atomic mass is 9.88. The lowest BCUT2D eigenvalue weighted by Gasteiger charge is -2.34. The first-order valence-corrected chi connectivity index (χ1v) is 11.7. The van der Waals surface area contributed by atoms with Crippen molar-refractivity contribution in [2.24, 2.45) is 11.8 Å². The Balaban J connectivity index is 1.87. The molecule has 0 saturated carbocycles. The molecule has 0 spiro atoms. The summed E-state index contributed by atoms with van der Waals surface area (Å²) in [5.74, 6) is 0.418. The highest BCUT2D eigenvalue weighted by Gasteiger charge is 2.57. The second-order valence-corrected chi connectivity index (χ2v) is 10.0. The number of nitrogens with zero attached hydrogens (tertiary/aromatic N) is 1. The predicted octanol–water partition coefficient (Wildman–Crippen LogP) is 4.56. The van der Waals surface area contributed by atoms with E-state index in [4.69, 9.17) is 4.74 Å². The molecule has 2 aliphatic heterocycles. The summed E-state index contributed by atoms with van der Waals surface area (Å²) in [6.45, 7) is 6.96. The summed E-state index contributed by atoms with van der Waals surface area (Å²) in [5, 5.41) is 0. The van der Waals surface area contributed by atoms with Crippen molar-refractivity contribution in [1.29, 1.82) is 0 Å². The van der Waals surface area contributed by atoms with Gasteiger partial charge in [-0.1, -0.05) is 68.3 Å². The van der Waals surface area contributed by atoms with Gasteiger partial charge in [0, 0.05) is 12.5 Å². The van der Waals surface area contributed by atoms with Gasteiger partial charge in [0.25, 0.3) is 0 Å². The molecule has 0 amide bonds. The van der Waals surface area contributed by atoms with E-state index in [1.165, 1.54) is 0 Å². The van der Waals surface area contributed by atoms with Gasteiger partial charge in [0.2, 0.25) is 10.0 Å². The second kappa shape index (κ2) is 7.62. The number of benzene rings is 2. The first kappa shape index (κ1) is 19.6. The van der Waals surface area contributed by atoms with E-state index in [-0.39, 0.29) is 30.0 Å². The Morgan fingerprint density at radius 3 is 2.43 bits per heavy atom. The van der Waals surface area contributed by atoms with Crippen molar-refractivity contribution in [3.8, 4) is 0 Å². The molecular weight excluding hydrogens is 370 g/mol. The minimum atomic E-state index is -3.65. The average Bonchev–Trinajstić information content (AvgIpc) is 3.29. The maximum absolute atomic E-state index is 13.9. The van der Waals surface area contributed by atoms with E-state index in [0.717, 1.165) is 24.0 Å². The van der Waals surface area contributed by atoms with Crippen LogP contribution in [0.15, 0.2) is 59.5 Å². The molecule has 0 radical (unpaired) electrons. The molecule has 4 nitrogen and oxygen atoms in total. The van der Waals surface area contributed by atoms with Crippen LogP contribution in [-0.4, -0.2) is 31.5 Å². The van der Waals surface area contributed by atoms with Crippen molar-refractivity contribution in [2.45, 2.75) is 56.7 Å². The fourth-order valence-corrected chi connectivity index (χ4v) is 6.79. The van der Waals surface area contributed by atoms with Gasteiger partial charge in [-0.2, -0.15) is 4.31 Å². The fraction of sp³-hybridized carbons (Fsp3) is 0.478. The van der Waals surface area contributed by atoms with Gasteiger partial charge in [0.05, 0.1) is 23.1 Å². The summed E-state index contributed by atoms with van der Waals surface area (Å²) in [6.07, 6.45) is 1.77. The van der Waals surface area contributed by atoms with Crippen LogP contribution in [0.3, 0.4) is 0 Å². The molecule has 2 aliphatic rings. The van der Waals surface area contributed by atoms with Gasteiger partial charge in [0.1, 0.15) is 0 Å². The summed E-state index contributed by atoms with van der Waals surface area (Å²) >= 11 is 0. The summed E-state index contributed by atoms with van der Waals surface area (Å²) in [4.78, 5) is 0.368. The van der Waals surface area contributed by atoms with Crippen molar-refractivity contribution in [3.05, 3.63) is 65.7 Å². The van der Waals surface area contributed by atoms with Crippen LogP contribution in [-0.2, 0) is 14.8 Å². The Hall–Kier alpha value is -1.69. The molecule has 2 aromatic rings. The zero-order valence-corrected chi connectivity index (χ0v) is 17.6. The zero-order chi connectivity index (χ0) is 19.9. The highest BCUT2D eigenvalue weighted by Crippen LogP contribution is 2.51. The largest absolute Gasteiger partial charge is 0.376 e. The molecule has 2 heterocycles. The van der Waals surface area contributed by atoms with Gasteiger partial charge >= 0.3 is 0 Å². The van der Waals surface area contributed by atoms with Crippen LogP contribution in [0.1, 0.15) is 43.9 Å². The molecule has 0 aliphatic carbocycles. The van der Waals surface area contributed by atoms with Crippen molar-refractivity contribution >= 4 is 10.0 Å². The molecule has 2 aromatic carbocycles. The molecule has 5 atom stereocenters. The van der Waals surface area contributed by atoms with E-state index in [1.807, 2.05) is 37.3 Å². The van der Waals surface area contributed by atoms with Crippen LogP contribution in [0.4, 0.5) is 0 Å². The summed E-state index contributed by atoms with van der Waals surface area (Å²) in [5.41, 5.74) is 2.11. The normalized spacial score (nSPS) is 29.0. The Morgan fingerprint density at radius 1 is 1.11 bits per heavy atom. The maximum atomic E-state index is 13.9. The number of hydrogen-bond acceptors (Lipinski definition) is 3. The van der Waals surface area contributed by atoms with E-state index in [2.05, 4.69) is 26.0 Å². The maximum Gasteiger partial charge on any atom is 0.243 e. The smallest absolute Gasteiger partial charge is 0.243 e. The minimum Gasteiger partial charge on any atom is -0.376 e. The first-order valence-electron chi connectivity index (χ1n) is 10.2. The first-order chi connectivity index (χ1) is 13.4. The van der Waals surface area contributed by atoms with Crippen molar-refractivity contribution in [1.82, 2.24) is 4.31 Å². The van der Waals surface area contributed by atoms with Gasteiger partial charge in [-0.15, -0.1) is 0 Å². The molecule has 2 saturated heterocycles. The van der Waals surface area contributed by atoms with Gasteiger partial charge < -0.3 is 4.74 Å². The molecule has 0 unspecified atom stereocenters. The molecule has 0 N–H and O–H groups in total.